The first-order valence-corrected chi connectivity index (χ1v) is 7.20. The molecule has 1 aliphatic rings. The van der Waals surface area contributed by atoms with Crippen LogP contribution in [0, 0.1) is 0 Å². The van der Waals surface area contributed by atoms with E-state index in [-0.39, 0.29) is 5.91 Å². The van der Waals surface area contributed by atoms with Crippen molar-refractivity contribution >= 4 is 16.9 Å². The molecule has 3 aromatic rings. The molecule has 2 heterocycles. The number of H-pyrrole nitrogens is 1. The van der Waals surface area contributed by atoms with Gasteiger partial charge in [-0.25, -0.2) is 4.98 Å². The first kappa shape index (κ1) is 12.2. The third-order valence-corrected chi connectivity index (χ3v) is 3.81. The van der Waals surface area contributed by atoms with Gasteiger partial charge in [0.1, 0.15) is 11.5 Å². The number of carbonyl (C=O) groups excluding carboxylic acids is 1. The smallest absolute Gasteiger partial charge is 0.268 e. The predicted octanol–water partition coefficient (Wildman–Crippen LogP) is 2.63. The number of nitrogens with zero attached hydrogens (tertiary/aromatic N) is 2. The number of hydrogen-bond donors (Lipinski definition) is 2. The quantitative estimate of drug-likeness (QED) is 0.771. The molecule has 0 spiro atoms. The Morgan fingerprint density at radius 2 is 2.14 bits per heavy atom. The van der Waals surface area contributed by atoms with Gasteiger partial charge in [0.25, 0.3) is 5.91 Å². The van der Waals surface area contributed by atoms with E-state index in [4.69, 9.17) is 0 Å². The molecule has 0 aliphatic heterocycles. The van der Waals surface area contributed by atoms with Crippen LogP contribution in [0.25, 0.3) is 11.0 Å². The maximum Gasteiger partial charge on any atom is 0.268 e. The van der Waals surface area contributed by atoms with Crippen molar-refractivity contribution in [3.8, 4) is 0 Å². The molecule has 0 bridgehead atoms. The average Bonchev–Trinajstić information content (AvgIpc) is 3.08. The summed E-state index contributed by atoms with van der Waals surface area (Å²) in [5, 5.41) is 2.93. The Kier molecular flexibility index (Phi) is 2.77. The fourth-order valence-corrected chi connectivity index (χ4v) is 2.60. The number of aromatic amines is 1. The Balaban J connectivity index is 1.48. The second-order valence-electron chi connectivity index (χ2n) is 5.42. The van der Waals surface area contributed by atoms with Crippen LogP contribution in [0.15, 0.2) is 42.6 Å². The van der Waals surface area contributed by atoms with Crippen LogP contribution in [0.2, 0.25) is 0 Å². The molecule has 4 rings (SSSR count). The van der Waals surface area contributed by atoms with Gasteiger partial charge in [-0.3, -0.25) is 4.79 Å². The summed E-state index contributed by atoms with van der Waals surface area (Å²) >= 11 is 0. The van der Waals surface area contributed by atoms with Gasteiger partial charge in [0.05, 0.1) is 17.6 Å². The third kappa shape index (κ3) is 2.31. The third-order valence-electron chi connectivity index (χ3n) is 3.81. The van der Waals surface area contributed by atoms with Crippen molar-refractivity contribution in [2.75, 3.05) is 0 Å². The number of para-hydroxylation sites is 2. The van der Waals surface area contributed by atoms with Crippen molar-refractivity contribution < 1.29 is 4.79 Å². The number of imidazole rings is 1. The topological polar surface area (TPSA) is 62.7 Å². The molecular formula is C16H16N4O. The molecule has 2 aromatic heterocycles. The summed E-state index contributed by atoms with van der Waals surface area (Å²) in [5.74, 6) is 0.724. The van der Waals surface area contributed by atoms with Crippen LogP contribution in [0.3, 0.4) is 0 Å². The van der Waals surface area contributed by atoms with Crippen molar-refractivity contribution in [3.63, 3.8) is 0 Å². The number of amides is 1. The van der Waals surface area contributed by atoms with Gasteiger partial charge in [0.2, 0.25) is 0 Å². The van der Waals surface area contributed by atoms with E-state index >= 15 is 0 Å². The largest absolute Gasteiger partial charge is 0.344 e. The van der Waals surface area contributed by atoms with E-state index in [2.05, 4.69) is 19.9 Å². The molecule has 1 saturated carbocycles. The van der Waals surface area contributed by atoms with Crippen molar-refractivity contribution in [1.82, 2.24) is 19.9 Å². The van der Waals surface area contributed by atoms with Gasteiger partial charge in [0.15, 0.2) is 0 Å². The molecule has 21 heavy (non-hydrogen) atoms. The van der Waals surface area contributed by atoms with Crippen LogP contribution < -0.4 is 5.32 Å². The highest BCUT2D eigenvalue weighted by molar-refractivity contribution is 5.92. The summed E-state index contributed by atoms with van der Waals surface area (Å²) in [4.78, 5) is 19.9. The average molecular weight is 280 g/mol. The van der Waals surface area contributed by atoms with Gasteiger partial charge in [-0.05, 0) is 37.1 Å². The predicted molar refractivity (Wildman–Crippen MR) is 80.0 cm³/mol. The first-order chi connectivity index (χ1) is 10.3. The lowest BCUT2D eigenvalue weighted by Gasteiger charge is -2.07. The summed E-state index contributed by atoms with van der Waals surface area (Å²) in [6, 6.07) is 12.1. The van der Waals surface area contributed by atoms with Crippen molar-refractivity contribution in [2.24, 2.45) is 0 Å². The minimum atomic E-state index is -0.0487. The van der Waals surface area contributed by atoms with Crippen LogP contribution in [-0.2, 0) is 6.54 Å². The lowest BCUT2D eigenvalue weighted by molar-refractivity contribution is 0.0940. The van der Waals surface area contributed by atoms with E-state index in [1.54, 1.807) is 0 Å². The minimum Gasteiger partial charge on any atom is -0.344 e. The van der Waals surface area contributed by atoms with Crippen molar-refractivity contribution in [3.05, 3.63) is 54.1 Å². The molecule has 1 fully saturated rings. The molecule has 1 aliphatic carbocycles. The van der Waals surface area contributed by atoms with E-state index in [9.17, 15) is 4.79 Å². The molecule has 1 aromatic carbocycles. The lowest BCUT2D eigenvalue weighted by atomic mass is 10.3. The molecule has 1 amide bonds. The van der Waals surface area contributed by atoms with Crippen LogP contribution >= 0.6 is 0 Å². The summed E-state index contributed by atoms with van der Waals surface area (Å²) in [6.07, 6.45) is 4.31. The second-order valence-corrected chi connectivity index (χ2v) is 5.42. The molecule has 5 nitrogen and oxygen atoms in total. The Bertz CT molecular complexity index is 764. The molecule has 0 radical (unpaired) electrons. The second kappa shape index (κ2) is 4.77. The minimum absolute atomic E-state index is 0.0487. The maximum atomic E-state index is 12.3. The zero-order valence-electron chi connectivity index (χ0n) is 11.5. The summed E-state index contributed by atoms with van der Waals surface area (Å²) in [5.41, 5.74) is 2.64. The van der Waals surface area contributed by atoms with E-state index in [1.165, 1.54) is 12.8 Å². The Morgan fingerprint density at radius 1 is 1.29 bits per heavy atom. The van der Waals surface area contributed by atoms with Gasteiger partial charge in [-0.15, -0.1) is 0 Å². The van der Waals surface area contributed by atoms with E-state index < -0.39 is 0 Å². The SMILES string of the molecule is O=C(NCc1nc2ccccc2[nH]1)c1cccn1C1CC1. The molecule has 2 N–H and O–H groups in total. The number of nitrogens with one attached hydrogen (secondary N) is 2. The van der Waals surface area contributed by atoms with E-state index in [0.717, 1.165) is 22.6 Å². The molecule has 5 heteroatoms. The summed E-state index contributed by atoms with van der Waals surface area (Å²) < 4.78 is 2.06. The van der Waals surface area contributed by atoms with Gasteiger partial charge < -0.3 is 14.9 Å². The van der Waals surface area contributed by atoms with Crippen molar-refractivity contribution in [1.29, 1.82) is 0 Å². The van der Waals surface area contributed by atoms with Crippen LogP contribution in [0.5, 0.6) is 0 Å². The number of carbonyl (C=O) groups is 1. The fraction of sp³-hybridized carbons (Fsp3) is 0.250. The van der Waals surface area contributed by atoms with E-state index in [1.807, 2.05) is 42.6 Å². The highest BCUT2D eigenvalue weighted by atomic mass is 16.1. The lowest BCUT2D eigenvalue weighted by Crippen LogP contribution is -2.25. The highest BCUT2D eigenvalue weighted by Gasteiger charge is 2.26. The number of hydrogen-bond acceptors (Lipinski definition) is 2. The monoisotopic (exact) mass is 280 g/mol. The standard InChI is InChI=1S/C16H16N4O/c21-16(14-6-3-9-20(14)11-7-8-11)17-10-15-18-12-4-1-2-5-13(12)19-15/h1-6,9,11H,7-8,10H2,(H,17,21)(H,18,19). The Labute approximate surface area is 122 Å². The van der Waals surface area contributed by atoms with Crippen LogP contribution in [-0.4, -0.2) is 20.4 Å². The number of rotatable bonds is 4. The van der Waals surface area contributed by atoms with Gasteiger partial charge in [0, 0.05) is 12.2 Å². The molecular weight excluding hydrogens is 264 g/mol. The van der Waals surface area contributed by atoms with Gasteiger partial charge in [-0.2, -0.15) is 0 Å². The maximum absolute atomic E-state index is 12.3. The zero-order chi connectivity index (χ0) is 14.2. The molecule has 0 saturated heterocycles. The highest BCUT2D eigenvalue weighted by Crippen LogP contribution is 2.35. The zero-order valence-corrected chi connectivity index (χ0v) is 11.5. The normalized spacial score (nSPS) is 14.5. The van der Waals surface area contributed by atoms with Crippen LogP contribution in [0.1, 0.15) is 35.2 Å². The Hall–Kier alpha value is -2.56. The van der Waals surface area contributed by atoms with Crippen LogP contribution in [0.4, 0.5) is 0 Å². The molecule has 0 unspecified atom stereocenters. The van der Waals surface area contributed by atoms with Gasteiger partial charge >= 0.3 is 0 Å². The summed E-state index contributed by atoms with van der Waals surface area (Å²) in [7, 11) is 0. The van der Waals surface area contributed by atoms with Gasteiger partial charge in [-0.1, -0.05) is 12.1 Å². The molecule has 0 atom stereocenters. The van der Waals surface area contributed by atoms with E-state index in [0.29, 0.717) is 12.6 Å². The number of aromatic nitrogens is 3. The number of fused-ring (bicyclic) bond motifs is 1. The first-order valence-electron chi connectivity index (χ1n) is 7.20. The molecule has 106 valence electrons. The Morgan fingerprint density at radius 3 is 2.95 bits per heavy atom. The fourth-order valence-electron chi connectivity index (χ4n) is 2.60. The number of benzene rings is 1. The van der Waals surface area contributed by atoms with Crippen molar-refractivity contribution in [2.45, 2.75) is 25.4 Å². The summed E-state index contributed by atoms with van der Waals surface area (Å²) in [6.45, 7) is 0.406.